The van der Waals surface area contributed by atoms with Gasteiger partial charge in [0.15, 0.2) is 6.73 Å². The van der Waals surface area contributed by atoms with Crippen LogP contribution in [0.25, 0.3) is 0 Å². The van der Waals surface area contributed by atoms with Gasteiger partial charge in [-0.2, -0.15) is 0 Å². The highest BCUT2D eigenvalue weighted by molar-refractivity contribution is 5.51. The largest absolute Gasteiger partial charge is 0.478 e. The van der Waals surface area contributed by atoms with Crippen molar-refractivity contribution in [3.63, 3.8) is 0 Å². The monoisotopic (exact) mass is 448 g/mol. The van der Waals surface area contributed by atoms with Crippen LogP contribution in [0.3, 0.4) is 0 Å². The normalized spacial score (nSPS) is 15.1. The summed E-state index contributed by atoms with van der Waals surface area (Å²) in [6.07, 6.45) is 0.931. The molecule has 2 heterocycles. The number of hydrogen-bond donors (Lipinski definition) is 0. The fourth-order valence-corrected chi connectivity index (χ4v) is 4.75. The van der Waals surface area contributed by atoms with Crippen molar-refractivity contribution in [2.45, 2.75) is 26.1 Å². The van der Waals surface area contributed by atoms with Crippen LogP contribution < -0.4 is 14.4 Å². The molecule has 0 radical (unpaired) electrons. The first kappa shape index (κ1) is 20.8. The molecule has 0 atom stereocenters. The van der Waals surface area contributed by atoms with Gasteiger partial charge in [-0.05, 0) is 47.4 Å². The number of anilines is 1. The first-order chi connectivity index (χ1) is 16.8. The SMILES string of the molecule is c1ccc2c(c1)CN(Cc1ccc(Cc3ccc(N4COc5ccccc5C4)cc3)cc1)CO2. The van der Waals surface area contributed by atoms with Gasteiger partial charge in [-0.15, -0.1) is 0 Å². The van der Waals surface area contributed by atoms with E-state index >= 15 is 0 Å². The second kappa shape index (κ2) is 9.24. The highest BCUT2D eigenvalue weighted by atomic mass is 16.5. The zero-order valence-electron chi connectivity index (χ0n) is 19.2. The molecule has 4 heteroatoms. The predicted octanol–water partition coefficient (Wildman–Crippen LogP) is 5.99. The lowest BCUT2D eigenvalue weighted by atomic mass is 10.0. The van der Waals surface area contributed by atoms with E-state index in [4.69, 9.17) is 9.47 Å². The van der Waals surface area contributed by atoms with Gasteiger partial charge >= 0.3 is 0 Å². The number of hydrogen-bond acceptors (Lipinski definition) is 4. The summed E-state index contributed by atoms with van der Waals surface area (Å²) in [7, 11) is 0. The number of rotatable bonds is 5. The lowest BCUT2D eigenvalue weighted by Gasteiger charge is -2.30. The van der Waals surface area contributed by atoms with Crippen molar-refractivity contribution in [2.75, 3.05) is 18.4 Å². The molecule has 2 aliphatic rings. The van der Waals surface area contributed by atoms with Crippen molar-refractivity contribution in [2.24, 2.45) is 0 Å². The van der Waals surface area contributed by atoms with Crippen molar-refractivity contribution in [1.29, 1.82) is 0 Å². The molecule has 0 saturated carbocycles. The van der Waals surface area contributed by atoms with Crippen molar-refractivity contribution < 1.29 is 9.47 Å². The van der Waals surface area contributed by atoms with E-state index in [1.165, 1.54) is 33.5 Å². The van der Waals surface area contributed by atoms with Gasteiger partial charge in [0.05, 0.1) is 0 Å². The fraction of sp³-hybridized carbons (Fsp3) is 0.200. The molecular formula is C30H28N2O2. The minimum absolute atomic E-state index is 0.589. The third-order valence-electron chi connectivity index (χ3n) is 6.62. The molecule has 0 saturated heterocycles. The average Bonchev–Trinajstić information content (AvgIpc) is 2.90. The summed E-state index contributed by atoms with van der Waals surface area (Å²) < 4.78 is 11.8. The smallest absolute Gasteiger partial charge is 0.161 e. The van der Waals surface area contributed by atoms with E-state index in [9.17, 15) is 0 Å². The van der Waals surface area contributed by atoms with E-state index in [2.05, 4.69) is 82.6 Å². The Labute approximate surface area is 201 Å². The summed E-state index contributed by atoms with van der Waals surface area (Å²) in [6.45, 7) is 3.93. The molecule has 0 fully saturated rings. The van der Waals surface area contributed by atoms with E-state index in [1.807, 2.05) is 24.3 Å². The molecule has 6 rings (SSSR count). The fourth-order valence-electron chi connectivity index (χ4n) is 4.75. The van der Waals surface area contributed by atoms with Crippen LogP contribution in [0.1, 0.15) is 27.8 Å². The molecular weight excluding hydrogens is 420 g/mol. The molecule has 2 aliphatic heterocycles. The zero-order chi connectivity index (χ0) is 22.7. The number of benzene rings is 4. The standard InChI is InChI=1S/C30H28N2O2/c1-3-7-29-26(5-1)19-31(21-33-29)18-25-11-9-23(10-12-25)17-24-13-15-28(16-14-24)32-20-27-6-2-4-8-30(27)34-22-32/h1-16H,17-22H2. The Morgan fingerprint density at radius 1 is 0.559 bits per heavy atom. The van der Waals surface area contributed by atoms with Gasteiger partial charge in [0.1, 0.15) is 18.2 Å². The Kier molecular flexibility index (Phi) is 5.66. The molecule has 0 aromatic heterocycles. The number of fused-ring (bicyclic) bond motifs is 2. The Balaban J connectivity index is 1.06. The van der Waals surface area contributed by atoms with Crippen LogP contribution in [0.4, 0.5) is 5.69 Å². The Bertz CT molecular complexity index is 1270. The van der Waals surface area contributed by atoms with Crippen LogP contribution in [-0.4, -0.2) is 18.4 Å². The highest BCUT2D eigenvalue weighted by Gasteiger charge is 2.18. The van der Waals surface area contributed by atoms with Gasteiger partial charge in [-0.3, -0.25) is 4.90 Å². The van der Waals surface area contributed by atoms with Gasteiger partial charge in [-0.1, -0.05) is 72.8 Å². The van der Waals surface area contributed by atoms with Crippen LogP contribution in [0.5, 0.6) is 11.5 Å². The van der Waals surface area contributed by atoms with Gasteiger partial charge in [0, 0.05) is 36.4 Å². The van der Waals surface area contributed by atoms with Crippen LogP contribution >= 0.6 is 0 Å². The first-order valence-corrected chi connectivity index (χ1v) is 11.9. The maximum Gasteiger partial charge on any atom is 0.161 e. The van der Waals surface area contributed by atoms with E-state index in [0.717, 1.165) is 37.6 Å². The van der Waals surface area contributed by atoms with Crippen molar-refractivity contribution >= 4 is 5.69 Å². The molecule has 4 aromatic carbocycles. The highest BCUT2D eigenvalue weighted by Crippen LogP contribution is 2.29. The summed E-state index contributed by atoms with van der Waals surface area (Å²) in [4.78, 5) is 4.60. The molecule has 34 heavy (non-hydrogen) atoms. The van der Waals surface area contributed by atoms with Gasteiger partial charge in [-0.25, -0.2) is 0 Å². The molecule has 0 aliphatic carbocycles. The van der Waals surface area contributed by atoms with E-state index in [1.54, 1.807) is 0 Å². The second-order valence-electron chi connectivity index (χ2n) is 9.11. The third-order valence-corrected chi connectivity index (χ3v) is 6.62. The quantitative estimate of drug-likeness (QED) is 0.375. The zero-order valence-corrected chi connectivity index (χ0v) is 19.2. The number of para-hydroxylation sites is 2. The number of nitrogens with zero attached hydrogens (tertiary/aromatic N) is 2. The third kappa shape index (κ3) is 4.50. The van der Waals surface area contributed by atoms with Gasteiger partial charge in [0.2, 0.25) is 0 Å². The predicted molar refractivity (Wildman–Crippen MR) is 135 cm³/mol. The maximum atomic E-state index is 5.91. The molecule has 0 spiro atoms. The maximum absolute atomic E-state index is 5.91. The molecule has 0 N–H and O–H groups in total. The second-order valence-corrected chi connectivity index (χ2v) is 9.11. The average molecular weight is 449 g/mol. The van der Waals surface area contributed by atoms with E-state index in [0.29, 0.717) is 13.5 Å². The van der Waals surface area contributed by atoms with Crippen LogP contribution in [0, 0.1) is 0 Å². The molecule has 0 bridgehead atoms. The molecule has 170 valence electrons. The van der Waals surface area contributed by atoms with Crippen LogP contribution in [-0.2, 0) is 26.1 Å². The van der Waals surface area contributed by atoms with E-state index in [-0.39, 0.29) is 0 Å². The van der Waals surface area contributed by atoms with Crippen LogP contribution in [0.2, 0.25) is 0 Å². The first-order valence-electron chi connectivity index (χ1n) is 11.9. The van der Waals surface area contributed by atoms with Gasteiger partial charge in [0.25, 0.3) is 0 Å². The summed E-state index contributed by atoms with van der Waals surface area (Å²) in [5, 5.41) is 0. The number of ether oxygens (including phenoxy) is 2. The Hall–Kier alpha value is -3.76. The molecule has 0 unspecified atom stereocenters. The summed E-state index contributed by atoms with van der Waals surface area (Å²) in [6, 6.07) is 34.4. The summed E-state index contributed by atoms with van der Waals surface area (Å²) in [5.41, 5.74) is 7.64. The van der Waals surface area contributed by atoms with Gasteiger partial charge < -0.3 is 14.4 Å². The topological polar surface area (TPSA) is 24.9 Å². The lowest BCUT2D eigenvalue weighted by molar-refractivity contribution is 0.0887. The Morgan fingerprint density at radius 3 is 1.82 bits per heavy atom. The van der Waals surface area contributed by atoms with Crippen molar-refractivity contribution in [3.05, 3.63) is 125 Å². The minimum atomic E-state index is 0.589. The minimum Gasteiger partial charge on any atom is -0.478 e. The molecule has 0 amide bonds. The van der Waals surface area contributed by atoms with E-state index < -0.39 is 0 Å². The summed E-state index contributed by atoms with van der Waals surface area (Å²) in [5.74, 6) is 2.01. The van der Waals surface area contributed by atoms with Crippen LogP contribution in [0.15, 0.2) is 97.1 Å². The summed E-state index contributed by atoms with van der Waals surface area (Å²) >= 11 is 0. The lowest BCUT2D eigenvalue weighted by Crippen LogP contribution is -2.31. The Morgan fingerprint density at radius 2 is 1.12 bits per heavy atom. The molecule has 4 nitrogen and oxygen atoms in total. The van der Waals surface area contributed by atoms with Crippen molar-refractivity contribution in [3.8, 4) is 11.5 Å². The molecule has 4 aromatic rings. The van der Waals surface area contributed by atoms with Crippen molar-refractivity contribution in [1.82, 2.24) is 4.90 Å².